The van der Waals surface area contributed by atoms with E-state index in [9.17, 15) is 9.59 Å². The Hall–Kier alpha value is -2.86. The number of hydroxylamine groups is 1. The molecule has 0 aliphatic carbocycles. The fourth-order valence-electron chi connectivity index (χ4n) is 2.12. The smallest absolute Gasteiger partial charge is 0.412 e. The minimum Gasteiger partial charge on any atom is -0.444 e. The zero-order chi connectivity index (χ0) is 19.0. The largest absolute Gasteiger partial charge is 0.444 e. The molecule has 2 N–H and O–H groups in total. The molecule has 0 radical (unpaired) electrons. The lowest BCUT2D eigenvalue weighted by Gasteiger charge is -2.19. The lowest BCUT2D eigenvalue weighted by Crippen LogP contribution is -2.27. The molecule has 0 atom stereocenters. The molecule has 0 unspecified atom stereocenters. The molecule has 0 bridgehead atoms. The predicted octanol–water partition coefficient (Wildman–Crippen LogP) is 3.82. The van der Waals surface area contributed by atoms with Gasteiger partial charge in [-0.15, -0.1) is 0 Å². The molecule has 0 saturated heterocycles. The molecule has 6 nitrogen and oxygen atoms in total. The molecule has 138 valence electrons. The van der Waals surface area contributed by atoms with Crippen molar-refractivity contribution in [1.82, 2.24) is 5.48 Å². The highest BCUT2D eigenvalue weighted by Gasteiger charge is 2.16. The number of rotatable bonds is 6. The summed E-state index contributed by atoms with van der Waals surface area (Å²) in [5.41, 5.74) is 4.25. The maximum absolute atomic E-state index is 11.9. The van der Waals surface area contributed by atoms with Crippen LogP contribution in [-0.2, 0) is 27.4 Å². The standard InChI is InChI=1S/C20H24N2O4/c1-20(2,3)26-19(24)21-17-11-9-15(10-12-17)13-18(23)22-25-14-16-7-5-4-6-8-16/h4-12H,13-14H2,1-3H3,(H,21,24)(H,22,23). The first-order chi connectivity index (χ1) is 12.3. The van der Waals surface area contributed by atoms with Crippen molar-refractivity contribution in [2.45, 2.75) is 39.4 Å². The van der Waals surface area contributed by atoms with Crippen molar-refractivity contribution >= 4 is 17.7 Å². The maximum atomic E-state index is 11.9. The van der Waals surface area contributed by atoms with Crippen LogP contribution >= 0.6 is 0 Å². The summed E-state index contributed by atoms with van der Waals surface area (Å²) in [6, 6.07) is 16.6. The molecule has 2 aromatic carbocycles. The van der Waals surface area contributed by atoms with E-state index < -0.39 is 11.7 Å². The van der Waals surface area contributed by atoms with Gasteiger partial charge >= 0.3 is 6.09 Å². The maximum Gasteiger partial charge on any atom is 0.412 e. The third kappa shape index (κ3) is 7.36. The predicted molar refractivity (Wildman–Crippen MR) is 99.4 cm³/mol. The van der Waals surface area contributed by atoms with Gasteiger partial charge in [-0.1, -0.05) is 42.5 Å². The van der Waals surface area contributed by atoms with Crippen LogP contribution in [0.3, 0.4) is 0 Å². The average molecular weight is 356 g/mol. The summed E-state index contributed by atoms with van der Waals surface area (Å²) in [6.45, 7) is 5.71. The van der Waals surface area contributed by atoms with Gasteiger partial charge in [0, 0.05) is 5.69 Å². The number of hydrogen-bond acceptors (Lipinski definition) is 4. The quantitative estimate of drug-likeness (QED) is 0.772. The van der Waals surface area contributed by atoms with E-state index >= 15 is 0 Å². The number of hydrogen-bond donors (Lipinski definition) is 2. The van der Waals surface area contributed by atoms with Gasteiger partial charge < -0.3 is 4.74 Å². The second-order valence-corrected chi connectivity index (χ2v) is 6.80. The number of amides is 2. The van der Waals surface area contributed by atoms with Gasteiger partial charge in [-0.25, -0.2) is 10.3 Å². The van der Waals surface area contributed by atoms with Crippen LogP contribution in [-0.4, -0.2) is 17.6 Å². The molecule has 0 saturated carbocycles. The molecule has 26 heavy (non-hydrogen) atoms. The zero-order valence-corrected chi connectivity index (χ0v) is 15.2. The van der Waals surface area contributed by atoms with E-state index in [2.05, 4.69) is 10.8 Å². The molecular weight excluding hydrogens is 332 g/mol. The van der Waals surface area contributed by atoms with Crippen molar-refractivity contribution in [3.8, 4) is 0 Å². The number of nitrogens with one attached hydrogen (secondary N) is 2. The van der Waals surface area contributed by atoms with Crippen molar-refractivity contribution in [2.75, 3.05) is 5.32 Å². The topological polar surface area (TPSA) is 76.7 Å². The van der Waals surface area contributed by atoms with Crippen molar-refractivity contribution in [3.05, 3.63) is 65.7 Å². The molecule has 6 heteroatoms. The molecule has 0 aliphatic rings. The Kier molecular flexibility index (Phi) is 6.74. The second kappa shape index (κ2) is 9.01. The fraction of sp³-hybridized carbons (Fsp3) is 0.300. The molecule has 2 rings (SSSR count). The summed E-state index contributed by atoms with van der Waals surface area (Å²) < 4.78 is 5.19. The van der Waals surface area contributed by atoms with Crippen LogP contribution in [0.4, 0.5) is 10.5 Å². The van der Waals surface area contributed by atoms with Gasteiger partial charge in [0.15, 0.2) is 0 Å². The summed E-state index contributed by atoms with van der Waals surface area (Å²) in [7, 11) is 0. The van der Waals surface area contributed by atoms with E-state index in [-0.39, 0.29) is 12.3 Å². The van der Waals surface area contributed by atoms with Crippen LogP contribution in [0.1, 0.15) is 31.9 Å². The monoisotopic (exact) mass is 356 g/mol. The second-order valence-electron chi connectivity index (χ2n) is 6.80. The lowest BCUT2D eigenvalue weighted by molar-refractivity contribution is -0.133. The van der Waals surface area contributed by atoms with Gasteiger partial charge in [-0.2, -0.15) is 0 Å². The van der Waals surface area contributed by atoms with E-state index in [4.69, 9.17) is 9.57 Å². The summed E-state index contributed by atoms with van der Waals surface area (Å²) in [6.07, 6.45) is -0.334. The van der Waals surface area contributed by atoms with Crippen LogP contribution in [0, 0.1) is 0 Å². The van der Waals surface area contributed by atoms with E-state index in [0.717, 1.165) is 11.1 Å². The number of ether oxygens (including phenoxy) is 1. The number of benzene rings is 2. The molecule has 0 fully saturated rings. The van der Waals surface area contributed by atoms with Crippen LogP contribution in [0.15, 0.2) is 54.6 Å². The SMILES string of the molecule is CC(C)(C)OC(=O)Nc1ccc(CC(=O)NOCc2ccccc2)cc1. The van der Waals surface area contributed by atoms with E-state index in [1.54, 1.807) is 45.0 Å². The third-order valence-corrected chi connectivity index (χ3v) is 3.23. The summed E-state index contributed by atoms with van der Waals surface area (Å²) >= 11 is 0. The van der Waals surface area contributed by atoms with Crippen molar-refractivity contribution in [1.29, 1.82) is 0 Å². The molecule has 0 aromatic heterocycles. The van der Waals surface area contributed by atoms with Crippen LogP contribution in [0.25, 0.3) is 0 Å². The Labute approximate surface area is 153 Å². The summed E-state index contributed by atoms with van der Waals surface area (Å²) in [4.78, 5) is 28.8. The highest BCUT2D eigenvalue weighted by Crippen LogP contribution is 2.13. The molecule has 0 spiro atoms. The highest BCUT2D eigenvalue weighted by molar-refractivity contribution is 5.85. The van der Waals surface area contributed by atoms with Gasteiger partial charge in [0.2, 0.25) is 5.91 Å². The molecular formula is C20H24N2O4. The zero-order valence-electron chi connectivity index (χ0n) is 15.2. The van der Waals surface area contributed by atoms with Gasteiger partial charge in [-0.3, -0.25) is 14.9 Å². The van der Waals surface area contributed by atoms with Crippen molar-refractivity contribution in [2.24, 2.45) is 0 Å². The molecule has 2 amide bonds. The fourth-order valence-corrected chi connectivity index (χ4v) is 2.12. The first-order valence-electron chi connectivity index (χ1n) is 8.35. The first-order valence-corrected chi connectivity index (χ1v) is 8.35. The van der Waals surface area contributed by atoms with Crippen LogP contribution in [0.2, 0.25) is 0 Å². The Morgan fingerprint density at radius 1 is 0.923 bits per heavy atom. The van der Waals surface area contributed by atoms with Gasteiger partial charge in [0.25, 0.3) is 0 Å². The Morgan fingerprint density at radius 2 is 1.58 bits per heavy atom. The Balaban J connectivity index is 1.75. The number of carbonyl (C=O) groups is 2. The van der Waals surface area contributed by atoms with E-state index in [1.165, 1.54) is 0 Å². The van der Waals surface area contributed by atoms with Crippen LogP contribution < -0.4 is 10.8 Å². The minimum atomic E-state index is -0.554. The minimum absolute atomic E-state index is 0.182. The van der Waals surface area contributed by atoms with Gasteiger partial charge in [0.05, 0.1) is 13.0 Å². The van der Waals surface area contributed by atoms with Gasteiger partial charge in [-0.05, 0) is 44.0 Å². The lowest BCUT2D eigenvalue weighted by atomic mass is 10.1. The summed E-state index contributed by atoms with van der Waals surface area (Å²) in [5, 5.41) is 2.65. The average Bonchev–Trinajstić information content (AvgIpc) is 2.56. The summed E-state index contributed by atoms with van der Waals surface area (Å²) in [5.74, 6) is -0.242. The normalized spacial score (nSPS) is 10.9. The highest BCUT2D eigenvalue weighted by atomic mass is 16.6. The molecule has 0 aliphatic heterocycles. The Bertz CT molecular complexity index is 722. The van der Waals surface area contributed by atoms with Gasteiger partial charge in [0.1, 0.15) is 5.60 Å². The Morgan fingerprint density at radius 3 is 2.19 bits per heavy atom. The molecule has 2 aromatic rings. The number of anilines is 1. The first kappa shape index (κ1) is 19.5. The van der Waals surface area contributed by atoms with Crippen molar-refractivity contribution in [3.63, 3.8) is 0 Å². The van der Waals surface area contributed by atoms with Crippen LogP contribution in [0.5, 0.6) is 0 Å². The molecule has 0 heterocycles. The van der Waals surface area contributed by atoms with E-state index in [0.29, 0.717) is 12.3 Å². The van der Waals surface area contributed by atoms with Crippen molar-refractivity contribution < 1.29 is 19.2 Å². The van der Waals surface area contributed by atoms with E-state index in [1.807, 2.05) is 30.3 Å². The third-order valence-electron chi connectivity index (χ3n) is 3.23. The number of carbonyl (C=O) groups excluding carboxylic acids is 2.